The van der Waals surface area contributed by atoms with E-state index >= 15 is 0 Å². The van der Waals surface area contributed by atoms with Gasteiger partial charge in [-0.15, -0.1) is 0 Å². The van der Waals surface area contributed by atoms with Gasteiger partial charge >= 0.3 is 0 Å². The lowest BCUT2D eigenvalue weighted by atomic mass is 9.76. The Labute approximate surface area is 472 Å². The van der Waals surface area contributed by atoms with Crippen molar-refractivity contribution in [3.8, 4) is 46.0 Å². The molecule has 0 saturated carbocycles. The third-order valence-electron chi connectivity index (χ3n) is 16.2. The normalized spacial score (nSPS) is 15.6. The highest BCUT2D eigenvalue weighted by molar-refractivity contribution is 5.63. The summed E-state index contributed by atoms with van der Waals surface area (Å²) in [6, 6.07) is 34.5. The molecule has 12 heteroatoms. The third kappa shape index (κ3) is 13.0. The molecular weight excluding hydrogens is 1000 g/mol. The maximum atomic E-state index is 6.50. The Balaban J connectivity index is 1.36. The van der Waals surface area contributed by atoms with Gasteiger partial charge in [-0.05, 0) is 172 Å². The highest BCUT2D eigenvalue weighted by Crippen LogP contribution is 2.53. The Kier molecular flexibility index (Phi) is 19.6. The summed E-state index contributed by atoms with van der Waals surface area (Å²) in [5.74, 6) is 4.93. The Morgan fingerprint density at radius 1 is 0.250 bits per heavy atom. The van der Waals surface area contributed by atoms with Crippen molar-refractivity contribution < 1.29 is 37.9 Å². The van der Waals surface area contributed by atoms with Gasteiger partial charge in [-0.1, -0.05) is 0 Å². The summed E-state index contributed by atoms with van der Waals surface area (Å²) in [4.78, 5) is 17.3. The number of ether oxygens (including phenoxy) is 8. The molecule has 0 spiro atoms. The van der Waals surface area contributed by atoms with Crippen LogP contribution >= 0.6 is 0 Å². The molecule has 0 N–H and O–H groups in total. The molecular formula is C68H76N4O8. The van der Waals surface area contributed by atoms with Crippen LogP contribution in [0.1, 0.15) is 142 Å². The fourth-order valence-corrected chi connectivity index (χ4v) is 12.1. The van der Waals surface area contributed by atoms with Gasteiger partial charge in [0.2, 0.25) is 0 Å². The van der Waals surface area contributed by atoms with Gasteiger partial charge in [0.1, 0.15) is 46.0 Å². The van der Waals surface area contributed by atoms with E-state index in [4.69, 9.17) is 37.9 Å². The van der Waals surface area contributed by atoms with Crippen LogP contribution in [-0.4, -0.2) is 76.8 Å². The van der Waals surface area contributed by atoms with Gasteiger partial charge in [0.25, 0.3) is 0 Å². The van der Waals surface area contributed by atoms with E-state index in [0.29, 0.717) is 0 Å². The molecule has 416 valence electrons. The fourth-order valence-electron chi connectivity index (χ4n) is 12.1. The molecule has 9 rings (SSSR count). The second kappa shape index (κ2) is 27.7. The van der Waals surface area contributed by atoms with Crippen molar-refractivity contribution >= 4 is 0 Å². The highest BCUT2D eigenvalue weighted by atomic mass is 16.5. The van der Waals surface area contributed by atoms with Gasteiger partial charge in [-0.25, -0.2) is 0 Å². The number of hydrogen-bond donors (Lipinski definition) is 0. The van der Waals surface area contributed by atoms with Crippen molar-refractivity contribution in [2.45, 2.75) is 101 Å². The largest absolute Gasteiger partial charge is 0.496 e. The fraction of sp³-hybridized carbons (Fsp3) is 0.353. The molecule has 0 amide bonds. The second-order valence-corrected chi connectivity index (χ2v) is 20.5. The van der Waals surface area contributed by atoms with E-state index in [0.717, 1.165) is 168 Å². The number of hydrogen-bond acceptors (Lipinski definition) is 12. The third-order valence-corrected chi connectivity index (χ3v) is 16.2. The Morgan fingerprint density at radius 2 is 0.412 bits per heavy atom. The zero-order chi connectivity index (χ0) is 55.8. The molecule has 0 unspecified atom stereocenters. The summed E-state index contributed by atoms with van der Waals surface area (Å²) in [5, 5.41) is 0. The van der Waals surface area contributed by atoms with Crippen LogP contribution in [0.15, 0.2) is 147 Å². The number of rotatable bonds is 24. The lowest BCUT2D eigenvalue weighted by Gasteiger charge is -2.31. The number of methoxy groups -OCH3 is 8. The van der Waals surface area contributed by atoms with Gasteiger partial charge < -0.3 is 37.9 Å². The SMILES string of the molecule is COc1cc(OC)c2cc1C(CCCc1ccncc1)c1cc(c(OC)cc1OC)C(CCCc1ccncc1)c1cc(c(OC)cc1OC)C(CCCc1ccncc1)c1cc(c(OC)cc1OC)C2CCCc1ccncc1. The molecule has 4 aromatic heterocycles. The van der Waals surface area contributed by atoms with E-state index in [1.165, 1.54) is 22.3 Å². The van der Waals surface area contributed by atoms with Crippen LogP contribution in [0.4, 0.5) is 0 Å². The Morgan fingerprint density at radius 3 is 0.562 bits per heavy atom. The molecule has 4 aromatic carbocycles. The topological polar surface area (TPSA) is 125 Å². The van der Waals surface area contributed by atoms with Crippen molar-refractivity contribution in [2.24, 2.45) is 0 Å². The molecule has 0 atom stereocenters. The number of benzene rings is 4. The van der Waals surface area contributed by atoms with Crippen molar-refractivity contribution in [1.82, 2.24) is 19.9 Å². The van der Waals surface area contributed by atoms with Gasteiger partial charge in [-0.2, -0.15) is 0 Å². The summed E-state index contributed by atoms with van der Waals surface area (Å²) in [7, 11) is 14.0. The monoisotopic (exact) mass is 1080 g/mol. The van der Waals surface area contributed by atoms with Gasteiger partial charge in [-0.3, -0.25) is 19.9 Å². The van der Waals surface area contributed by atoms with Gasteiger partial charge in [0, 0.05) is 142 Å². The lowest BCUT2D eigenvalue weighted by molar-refractivity contribution is 0.372. The van der Waals surface area contributed by atoms with Crippen LogP contribution in [0.2, 0.25) is 0 Å². The molecule has 0 radical (unpaired) electrons. The zero-order valence-electron chi connectivity index (χ0n) is 47.7. The predicted molar refractivity (Wildman–Crippen MR) is 314 cm³/mol. The first kappa shape index (κ1) is 56.6. The second-order valence-electron chi connectivity index (χ2n) is 20.5. The number of pyridine rings is 4. The average Bonchev–Trinajstić information content (AvgIpc) is 3.51. The van der Waals surface area contributed by atoms with E-state index < -0.39 is 0 Å². The summed E-state index contributed by atoms with van der Waals surface area (Å²) < 4.78 is 52.0. The van der Waals surface area contributed by atoms with Crippen LogP contribution in [0.25, 0.3) is 0 Å². The van der Waals surface area contributed by atoms with Crippen LogP contribution in [0.5, 0.6) is 46.0 Å². The molecule has 4 heterocycles. The number of aromatic nitrogens is 4. The maximum absolute atomic E-state index is 6.50. The van der Waals surface area contributed by atoms with Crippen molar-refractivity contribution in [3.05, 3.63) is 213 Å². The van der Waals surface area contributed by atoms with Crippen molar-refractivity contribution in [2.75, 3.05) is 56.9 Å². The molecule has 0 saturated heterocycles. The maximum Gasteiger partial charge on any atom is 0.126 e. The van der Waals surface area contributed by atoms with E-state index in [1.807, 2.05) is 49.6 Å². The molecule has 80 heavy (non-hydrogen) atoms. The van der Waals surface area contributed by atoms with Crippen LogP contribution in [0, 0.1) is 0 Å². The summed E-state index contributed by atoms with van der Waals surface area (Å²) in [5.41, 5.74) is 13.1. The van der Waals surface area contributed by atoms with Crippen molar-refractivity contribution in [3.63, 3.8) is 0 Å². The summed E-state index contributed by atoms with van der Waals surface area (Å²) in [6.45, 7) is 0. The summed E-state index contributed by atoms with van der Waals surface area (Å²) in [6.07, 6.45) is 24.9. The van der Waals surface area contributed by atoms with Gasteiger partial charge in [0.15, 0.2) is 0 Å². The summed E-state index contributed by atoms with van der Waals surface area (Å²) >= 11 is 0. The van der Waals surface area contributed by atoms with Crippen LogP contribution in [-0.2, 0) is 25.7 Å². The van der Waals surface area contributed by atoms with E-state index in [1.54, 1.807) is 56.9 Å². The molecule has 8 bridgehead atoms. The Bertz CT molecular complexity index is 2710. The smallest absolute Gasteiger partial charge is 0.126 e. The first-order valence-electron chi connectivity index (χ1n) is 27.9. The quantitative estimate of drug-likeness (QED) is 0.0572. The van der Waals surface area contributed by atoms with E-state index in [9.17, 15) is 0 Å². The van der Waals surface area contributed by atoms with E-state index in [2.05, 4.69) is 117 Å². The molecule has 1 aliphatic carbocycles. The average molecular weight is 1080 g/mol. The van der Waals surface area contributed by atoms with Crippen LogP contribution in [0.3, 0.4) is 0 Å². The van der Waals surface area contributed by atoms with Crippen LogP contribution < -0.4 is 37.9 Å². The minimum absolute atomic E-state index is 0.217. The predicted octanol–water partition coefficient (Wildman–Crippen LogP) is 14.3. The van der Waals surface area contributed by atoms with Gasteiger partial charge in [0.05, 0.1) is 56.9 Å². The van der Waals surface area contributed by atoms with E-state index in [-0.39, 0.29) is 23.7 Å². The minimum atomic E-state index is -0.217. The number of nitrogens with zero attached hydrogens (tertiary/aromatic N) is 4. The highest BCUT2D eigenvalue weighted by Gasteiger charge is 2.35. The number of fused-ring (bicyclic) bond motifs is 8. The lowest BCUT2D eigenvalue weighted by Crippen LogP contribution is -2.15. The first-order valence-corrected chi connectivity index (χ1v) is 27.9. The van der Waals surface area contributed by atoms with Crippen molar-refractivity contribution in [1.29, 1.82) is 0 Å². The molecule has 0 fully saturated rings. The number of aryl methyl sites for hydroxylation is 4. The minimum Gasteiger partial charge on any atom is -0.496 e. The molecule has 8 aromatic rings. The standard InChI is InChI=1S/C68H76N4O8/c1-73-61-41-62(74-2)54-37-53(61)49(17-9-13-45-21-29-69-30-22-45)55-38-56(64(76-4)42-63(55)75-3)51(19-11-15-47-25-33-71-34-26-47)59-40-60(68(80-8)44-67(59)79-7)52(20-12-16-48-27-35-72-36-28-48)58-39-57(65(77-5)43-66(58)78-6)50(54)18-10-14-46-23-31-70-32-24-46/h21-44,49-52H,9-20H2,1-8H3. The molecule has 1 aliphatic rings. The Hall–Kier alpha value is -8.12. The zero-order valence-corrected chi connectivity index (χ0v) is 47.7. The first-order chi connectivity index (χ1) is 39.3. The molecule has 0 aliphatic heterocycles. The molecule has 12 nitrogen and oxygen atoms in total.